The number of amides is 1. The van der Waals surface area contributed by atoms with Crippen LogP contribution < -0.4 is 11.1 Å². The molecule has 2 rings (SSSR count). The molecule has 1 aromatic heterocycles. The summed E-state index contributed by atoms with van der Waals surface area (Å²) in [5.74, 6) is 0.0307. The van der Waals surface area contributed by atoms with Crippen molar-refractivity contribution in [1.29, 1.82) is 0 Å². The first-order valence-electron chi connectivity index (χ1n) is 5.52. The predicted molar refractivity (Wildman–Crippen MR) is 76.9 cm³/mol. The third-order valence-electron chi connectivity index (χ3n) is 2.24. The lowest BCUT2D eigenvalue weighted by molar-refractivity contribution is -0.115. The number of hydrogen-bond acceptors (Lipinski definition) is 5. The molecular formula is C12H12FN3OS2. The minimum absolute atomic E-state index is 0.0231. The van der Waals surface area contributed by atoms with Gasteiger partial charge in [-0.25, -0.2) is 9.37 Å². The molecule has 0 saturated heterocycles. The molecule has 4 nitrogen and oxygen atoms in total. The van der Waals surface area contributed by atoms with Gasteiger partial charge < -0.3 is 11.1 Å². The van der Waals surface area contributed by atoms with Crippen molar-refractivity contribution in [3.8, 4) is 0 Å². The van der Waals surface area contributed by atoms with Crippen molar-refractivity contribution in [2.75, 3.05) is 16.8 Å². The summed E-state index contributed by atoms with van der Waals surface area (Å²) in [5, 5.41) is 4.57. The number of rotatable bonds is 5. The van der Waals surface area contributed by atoms with Gasteiger partial charge in [0.15, 0.2) is 0 Å². The van der Waals surface area contributed by atoms with E-state index < -0.39 is 5.82 Å². The quantitative estimate of drug-likeness (QED) is 0.657. The van der Waals surface area contributed by atoms with E-state index in [0.29, 0.717) is 17.9 Å². The SMILES string of the molecule is Nc1cc(NC(=O)CCSc2nccs2)ccc1F. The van der Waals surface area contributed by atoms with Crippen LogP contribution in [-0.2, 0) is 4.79 Å². The van der Waals surface area contributed by atoms with Crippen LogP contribution in [0.25, 0.3) is 0 Å². The van der Waals surface area contributed by atoms with Crippen LogP contribution in [0, 0.1) is 5.82 Å². The monoisotopic (exact) mass is 297 g/mol. The van der Waals surface area contributed by atoms with Crippen molar-refractivity contribution < 1.29 is 9.18 Å². The van der Waals surface area contributed by atoms with E-state index in [-0.39, 0.29) is 11.6 Å². The molecular weight excluding hydrogens is 285 g/mol. The normalized spacial score (nSPS) is 10.4. The average molecular weight is 297 g/mol. The zero-order valence-electron chi connectivity index (χ0n) is 9.93. The highest BCUT2D eigenvalue weighted by molar-refractivity contribution is 8.01. The van der Waals surface area contributed by atoms with Gasteiger partial charge in [-0.15, -0.1) is 11.3 Å². The van der Waals surface area contributed by atoms with E-state index >= 15 is 0 Å². The second-order valence-corrected chi connectivity index (χ2v) is 5.92. The minimum Gasteiger partial charge on any atom is -0.396 e. The molecule has 19 heavy (non-hydrogen) atoms. The van der Waals surface area contributed by atoms with Crippen LogP contribution in [-0.4, -0.2) is 16.6 Å². The number of benzene rings is 1. The van der Waals surface area contributed by atoms with Crippen LogP contribution >= 0.6 is 23.1 Å². The third kappa shape index (κ3) is 4.22. The van der Waals surface area contributed by atoms with Gasteiger partial charge in [0.25, 0.3) is 0 Å². The van der Waals surface area contributed by atoms with Crippen molar-refractivity contribution in [1.82, 2.24) is 4.98 Å². The maximum absolute atomic E-state index is 12.9. The Hall–Kier alpha value is -1.60. The molecule has 0 aliphatic heterocycles. The summed E-state index contributed by atoms with van der Waals surface area (Å²) in [4.78, 5) is 15.8. The number of anilines is 2. The Morgan fingerprint density at radius 1 is 1.53 bits per heavy atom. The van der Waals surface area contributed by atoms with Gasteiger partial charge in [0.2, 0.25) is 5.91 Å². The minimum atomic E-state index is -0.489. The highest BCUT2D eigenvalue weighted by Gasteiger charge is 2.05. The van der Waals surface area contributed by atoms with Gasteiger partial charge in [-0.05, 0) is 18.2 Å². The zero-order chi connectivity index (χ0) is 13.7. The summed E-state index contributed by atoms with van der Waals surface area (Å²) in [6.07, 6.45) is 2.09. The van der Waals surface area contributed by atoms with Gasteiger partial charge in [0.05, 0.1) is 5.69 Å². The number of thioether (sulfide) groups is 1. The van der Waals surface area contributed by atoms with Crippen LogP contribution in [0.4, 0.5) is 15.8 Å². The molecule has 0 radical (unpaired) electrons. The van der Waals surface area contributed by atoms with Crippen LogP contribution in [0.1, 0.15) is 6.42 Å². The topological polar surface area (TPSA) is 68.0 Å². The summed E-state index contributed by atoms with van der Waals surface area (Å²) in [6, 6.07) is 4.12. The number of aromatic nitrogens is 1. The summed E-state index contributed by atoms with van der Waals surface area (Å²) >= 11 is 3.08. The largest absolute Gasteiger partial charge is 0.396 e. The molecule has 100 valence electrons. The van der Waals surface area contributed by atoms with Gasteiger partial charge >= 0.3 is 0 Å². The van der Waals surface area contributed by atoms with E-state index in [2.05, 4.69) is 10.3 Å². The molecule has 1 amide bonds. The number of nitrogens with zero attached hydrogens (tertiary/aromatic N) is 1. The number of nitrogens with two attached hydrogens (primary N) is 1. The number of nitrogens with one attached hydrogen (secondary N) is 1. The van der Waals surface area contributed by atoms with Crippen LogP contribution in [0.3, 0.4) is 0 Å². The number of halogens is 1. The highest BCUT2D eigenvalue weighted by Crippen LogP contribution is 2.21. The van der Waals surface area contributed by atoms with E-state index in [0.717, 1.165) is 4.34 Å². The molecule has 7 heteroatoms. The molecule has 0 spiro atoms. The third-order valence-corrected chi connectivity index (χ3v) is 4.21. The van der Waals surface area contributed by atoms with E-state index in [4.69, 9.17) is 5.73 Å². The molecule has 0 aliphatic rings. The average Bonchev–Trinajstić information content (AvgIpc) is 2.87. The smallest absolute Gasteiger partial charge is 0.225 e. The Balaban J connectivity index is 1.79. The Morgan fingerprint density at radius 3 is 3.05 bits per heavy atom. The maximum atomic E-state index is 12.9. The van der Waals surface area contributed by atoms with Gasteiger partial charge in [-0.1, -0.05) is 11.8 Å². The van der Waals surface area contributed by atoms with Gasteiger partial charge in [0, 0.05) is 29.4 Å². The molecule has 0 unspecified atom stereocenters. The van der Waals surface area contributed by atoms with Crippen molar-refractivity contribution in [2.24, 2.45) is 0 Å². The fourth-order valence-corrected chi connectivity index (χ4v) is 3.00. The lowest BCUT2D eigenvalue weighted by Gasteiger charge is -2.06. The first kappa shape index (κ1) is 13.8. The molecule has 0 bridgehead atoms. The standard InChI is InChI=1S/C12H12FN3OS2/c13-9-2-1-8(7-10(9)14)16-11(17)3-5-18-12-15-4-6-19-12/h1-2,4,6-7H,3,5,14H2,(H,16,17). The van der Waals surface area contributed by atoms with Crippen molar-refractivity contribution in [3.05, 3.63) is 35.6 Å². The second kappa shape index (κ2) is 6.53. The number of hydrogen-bond donors (Lipinski definition) is 2. The Bertz CT molecular complexity index is 560. The van der Waals surface area contributed by atoms with Gasteiger partial charge in [-0.2, -0.15) is 0 Å². The molecule has 1 heterocycles. The Labute approximate surface area is 118 Å². The molecule has 2 aromatic rings. The van der Waals surface area contributed by atoms with E-state index in [1.165, 1.54) is 30.0 Å². The van der Waals surface area contributed by atoms with Crippen molar-refractivity contribution in [3.63, 3.8) is 0 Å². The van der Waals surface area contributed by atoms with Crippen molar-refractivity contribution in [2.45, 2.75) is 10.8 Å². The summed E-state index contributed by atoms with van der Waals surface area (Å²) in [7, 11) is 0. The zero-order valence-corrected chi connectivity index (χ0v) is 11.6. The number of carbonyl (C=O) groups excluding carboxylic acids is 1. The fraction of sp³-hybridized carbons (Fsp3) is 0.167. The van der Waals surface area contributed by atoms with E-state index in [9.17, 15) is 9.18 Å². The van der Waals surface area contributed by atoms with Crippen LogP contribution in [0.15, 0.2) is 34.1 Å². The van der Waals surface area contributed by atoms with E-state index in [1.54, 1.807) is 17.5 Å². The second-order valence-electron chi connectivity index (χ2n) is 3.68. The van der Waals surface area contributed by atoms with E-state index in [1.807, 2.05) is 5.38 Å². The summed E-state index contributed by atoms with van der Waals surface area (Å²) in [5.41, 5.74) is 5.95. The summed E-state index contributed by atoms with van der Waals surface area (Å²) < 4.78 is 13.9. The number of nitrogen functional groups attached to an aromatic ring is 1. The Kier molecular flexibility index (Phi) is 4.75. The van der Waals surface area contributed by atoms with Gasteiger partial charge in [-0.3, -0.25) is 4.79 Å². The molecule has 0 saturated carbocycles. The van der Waals surface area contributed by atoms with Crippen LogP contribution in [0.5, 0.6) is 0 Å². The molecule has 0 atom stereocenters. The number of thiazole rings is 1. The van der Waals surface area contributed by atoms with Gasteiger partial charge in [0.1, 0.15) is 10.2 Å². The first-order chi connectivity index (χ1) is 9.15. The molecule has 0 fully saturated rings. The lowest BCUT2D eigenvalue weighted by Crippen LogP contribution is -2.12. The number of carbonyl (C=O) groups is 1. The molecule has 3 N–H and O–H groups in total. The fourth-order valence-electron chi connectivity index (χ4n) is 1.36. The Morgan fingerprint density at radius 2 is 2.37 bits per heavy atom. The maximum Gasteiger partial charge on any atom is 0.225 e. The lowest BCUT2D eigenvalue weighted by atomic mass is 10.2. The molecule has 0 aliphatic carbocycles. The summed E-state index contributed by atoms with van der Waals surface area (Å²) in [6.45, 7) is 0. The highest BCUT2D eigenvalue weighted by atomic mass is 32.2. The first-order valence-corrected chi connectivity index (χ1v) is 7.39. The molecule has 1 aromatic carbocycles. The predicted octanol–water partition coefficient (Wildman–Crippen LogP) is 2.99. The van der Waals surface area contributed by atoms with Crippen molar-refractivity contribution >= 4 is 40.4 Å². The van der Waals surface area contributed by atoms with Crippen LogP contribution in [0.2, 0.25) is 0 Å².